The molecule has 1 unspecified atom stereocenters. The summed E-state index contributed by atoms with van der Waals surface area (Å²) in [4.78, 5) is 0. The van der Waals surface area contributed by atoms with Crippen molar-refractivity contribution in [1.82, 2.24) is 10.7 Å². The van der Waals surface area contributed by atoms with Gasteiger partial charge >= 0.3 is 0 Å². The first-order valence-corrected chi connectivity index (χ1v) is 5.74. The predicted molar refractivity (Wildman–Crippen MR) is 71.1 cm³/mol. The minimum Gasteiger partial charge on any atom is -0.493 e. The molecule has 1 aromatic carbocycles. The molecule has 1 rings (SSSR count). The van der Waals surface area contributed by atoms with E-state index in [1.165, 1.54) is 0 Å². The van der Waals surface area contributed by atoms with E-state index < -0.39 is 6.10 Å². The maximum absolute atomic E-state index is 9.98. The third-order valence-electron chi connectivity index (χ3n) is 2.41. The van der Waals surface area contributed by atoms with Gasteiger partial charge in [-0.1, -0.05) is 6.07 Å². The fourth-order valence-corrected chi connectivity index (χ4v) is 1.51. The topological polar surface area (TPSA) is 90.4 Å². The fraction of sp³-hybridized carbons (Fsp3) is 0.364. The predicted octanol–water partition coefficient (Wildman–Crippen LogP) is -0.642. The molecule has 0 radical (unpaired) electrons. The van der Waals surface area contributed by atoms with E-state index in [0.717, 1.165) is 0 Å². The van der Waals surface area contributed by atoms with Crippen LogP contribution in [0.2, 0.25) is 0 Å². The van der Waals surface area contributed by atoms with Gasteiger partial charge in [0.15, 0.2) is 11.5 Å². The number of hydrogen-bond acceptors (Lipinski definition) is 4. The molecule has 0 aromatic heterocycles. The number of ether oxygens (including phenoxy) is 2. The van der Waals surface area contributed by atoms with Crippen molar-refractivity contribution in [2.75, 3.05) is 20.8 Å². The largest absolute Gasteiger partial charge is 0.493 e. The zero-order valence-corrected chi connectivity index (χ0v) is 11.2. The SMILES string of the molecule is COc1ccc(C(O)CNC(=S)N[NH3+])cc1OC. The molecule has 6 N–H and O–H groups in total. The number of hydrogen-bond donors (Lipinski definition) is 4. The van der Waals surface area contributed by atoms with Gasteiger partial charge in [0.1, 0.15) is 0 Å². The van der Waals surface area contributed by atoms with Crippen molar-refractivity contribution in [2.24, 2.45) is 0 Å². The maximum Gasteiger partial charge on any atom is 0.213 e. The van der Waals surface area contributed by atoms with Crippen molar-refractivity contribution < 1.29 is 20.4 Å². The Morgan fingerprint density at radius 3 is 2.61 bits per heavy atom. The molecule has 0 saturated heterocycles. The van der Waals surface area contributed by atoms with Crippen molar-refractivity contribution in [2.45, 2.75) is 6.10 Å². The Labute approximate surface area is 111 Å². The van der Waals surface area contributed by atoms with E-state index in [0.29, 0.717) is 22.2 Å². The van der Waals surface area contributed by atoms with Crippen LogP contribution in [0.15, 0.2) is 18.2 Å². The van der Waals surface area contributed by atoms with Gasteiger partial charge in [-0.3, -0.25) is 5.84 Å². The highest BCUT2D eigenvalue weighted by atomic mass is 32.1. The number of rotatable bonds is 5. The lowest BCUT2D eigenvalue weighted by atomic mass is 10.1. The first-order valence-electron chi connectivity index (χ1n) is 5.33. The molecule has 0 heterocycles. The fourth-order valence-electron chi connectivity index (χ4n) is 1.43. The molecular formula is C11H18N3O3S+. The van der Waals surface area contributed by atoms with Gasteiger partial charge < -0.3 is 19.9 Å². The molecule has 0 aliphatic rings. The van der Waals surface area contributed by atoms with Crippen molar-refractivity contribution in [3.05, 3.63) is 23.8 Å². The van der Waals surface area contributed by atoms with E-state index in [2.05, 4.69) is 16.6 Å². The van der Waals surface area contributed by atoms with E-state index in [1.807, 2.05) is 0 Å². The molecule has 0 amide bonds. The quantitative estimate of drug-likeness (QED) is 0.421. The van der Waals surface area contributed by atoms with Crippen LogP contribution in [0.1, 0.15) is 11.7 Å². The number of methoxy groups -OCH3 is 2. The molecule has 1 aromatic rings. The van der Waals surface area contributed by atoms with Gasteiger partial charge in [-0.15, -0.1) is 0 Å². The van der Waals surface area contributed by atoms with Gasteiger partial charge in [-0.05, 0) is 29.9 Å². The second-order valence-corrected chi connectivity index (χ2v) is 3.93. The minimum absolute atomic E-state index is 0.289. The summed E-state index contributed by atoms with van der Waals surface area (Å²) in [6, 6.07) is 5.25. The van der Waals surface area contributed by atoms with Gasteiger partial charge in [0.2, 0.25) is 5.11 Å². The van der Waals surface area contributed by atoms with E-state index in [4.69, 9.17) is 21.7 Å². The van der Waals surface area contributed by atoms with Crippen LogP contribution in [0, 0.1) is 0 Å². The molecule has 1 atom stereocenters. The Balaban J connectivity index is 2.73. The molecule has 0 bridgehead atoms. The Morgan fingerprint density at radius 1 is 1.39 bits per heavy atom. The van der Waals surface area contributed by atoms with Crippen molar-refractivity contribution in [3.8, 4) is 11.5 Å². The van der Waals surface area contributed by atoms with Crippen LogP contribution < -0.4 is 26.1 Å². The summed E-state index contributed by atoms with van der Waals surface area (Å²) >= 11 is 4.87. The standard InChI is InChI=1S/C11H17N3O3S/c1-16-9-4-3-7(5-10(9)17-2)8(15)6-13-11(18)14-12/h3-5,8,15H,6,12H2,1-2H3,(H2,13,14,18)/p+1. The third kappa shape index (κ3) is 3.73. The van der Waals surface area contributed by atoms with E-state index >= 15 is 0 Å². The summed E-state index contributed by atoms with van der Waals surface area (Å²) in [6.45, 7) is 0.289. The van der Waals surface area contributed by atoms with Gasteiger partial charge in [0, 0.05) is 6.54 Å². The lowest BCUT2D eigenvalue weighted by Gasteiger charge is -2.15. The van der Waals surface area contributed by atoms with Crippen LogP contribution in [-0.2, 0) is 0 Å². The van der Waals surface area contributed by atoms with Crippen LogP contribution >= 0.6 is 12.2 Å². The molecule has 7 heteroatoms. The van der Waals surface area contributed by atoms with Crippen LogP contribution in [0.3, 0.4) is 0 Å². The highest BCUT2D eigenvalue weighted by Gasteiger charge is 2.12. The summed E-state index contributed by atoms with van der Waals surface area (Å²) in [6.07, 6.45) is -0.698. The number of aliphatic hydroxyl groups excluding tert-OH is 1. The zero-order chi connectivity index (χ0) is 13.5. The average molecular weight is 272 g/mol. The van der Waals surface area contributed by atoms with Crippen molar-refractivity contribution >= 4 is 17.3 Å². The molecule has 0 aliphatic carbocycles. The Kier molecular flexibility index (Phi) is 5.63. The maximum atomic E-state index is 9.98. The van der Waals surface area contributed by atoms with Crippen LogP contribution in [0.25, 0.3) is 0 Å². The molecule has 0 spiro atoms. The summed E-state index contributed by atoms with van der Waals surface area (Å²) < 4.78 is 10.3. The Bertz CT molecular complexity index is 415. The van der Waals surface area contributed by atoms with Gasteiger partial charge in [0.05, 0.1) is 20.3 Å². The summed E-state index contributed by atoms with van der Waals surface area (Å²) in [7, 11) is 3.11. The lowest BCUT2D eigenvalue weighted by molar-refractivity contribution is -0.419. The van der Waals surface area contributed by atoms with Crippen LogP contribution in [-0.4, -0.2) is 31.0 Å². The van der Waals surface area contributed by atoms with Crippen molar-refractivity contribution in [1.29, 1.82) is 0 Å². The smallest absolute Gasteiger partial charge is 0.213 e. The molecule has 18 heavy (non-hydrogen) atoms. The minimum atomic E-state index is -0.698. The number of benzene rings is 1. The normalized spacial score (nSPS) is 11.6. The molecule has 100 valence electrons. The molecule has 0 fully saturated rings. The summed E-state index contributed by atoms with van der Waals surface area (Å²) in [5.74, 6) is 4.61. The second-order valence-electron chi connectivity index (χ2n) is 3.52. The van der Waals surface area contributed by atoms with E-state index in [9.17, 15) is 5.11 Å². The van der Waals surface area contributed by atoms with Crippen LogP contribution in [0.5, 0.6) is 11.5 Å². The van der Waals surface area contributed by atoms with Crippen molar-refractivity contribution in [3.63, 3.8) is 0 Å². The highest BCUT2D eigenvalue weighted by molar-refractivity contribution is 7.80. The van der Waals surface area contributed by atoms with E-state index in [-0.39, 0.29) is 6.54 Å². The van der Waals surface area contributed by atoms with Gasteiger partial charge in [0.25, 0.3) is 0 Å². The number of nitrogens with one attached hydrogen (secondary N) is 2. The first kappa shape index (κ1) is 14.5. The van der Waals surface area contributed by atoms with E-state index in [1.54, 1.807) is 32.4 Å². The molecule has 0 saturated carbocycles. The lowest BCUT2D eigenvalue weighted by Crippen LogP contribution is -2.69. The Hall–Kier alpha value is -1.57. The summed E-state index contributed by atoms with van der Waals surface area (Å²) in [5, 5.41) is 13.2. The highest BCUT2D eigenvalue weighted by Crippen LogP contribution is 2.29. The average Bonchev–Trinajstić information content (AvgIpc) is 2.43. The zero-order valence-electron chi connectivity index (χ0n) is 10.4. The number of thiocarbonyl (C=S) groups is 1. The van der Waals surface area contributed by atoms with Crippen LogP contribution in [0.4, 0.5) is 0 Å². The monoisotopic (exact) mass is 272 g/mol. The molecule has 6 nitrogen and oxygen atoms in total. The second kappa shape index (κ2) is 7.00. The third-order valence-corrected chi connectivity index (χ3v) is 2.70. The molecular weight excluding hydrogens is 254 g/mol. The Morgan fingerprint density at radius 2 is 2.06 bits per heavy atom. The molecule has 0 aliphatic heterocycles. The first-order chi connectivity index (χ1) is 8.62. The summed E-state index contributed by atoms with van der Waals surface area (Å²) in [5.41, 5.74) is 3.24. The van der Waals surface area contributed by atoms with Gasteiger partial charge in [-0.2, -0.15) is 0 Å². The number of quaternary nitrogens is 1. The number of aliphatic hydroxyl groups is 1. The van der Waals surface area contributed by atoms with Gasteiger partial charge in [-0.25, -0.2) is 5.43 Å².